The Morgan fingerprint density at radius 1 is 1.17 bits per heavy atom. The van der Waals surface area contributed by atoms with E-state index in [2.05, 4.69) is 36.2 Å². The predicted octanol–water partition coefficient (Wildman–Crippen LogP) is 4.00. The van der Waals surface area contributed by atoms with Crippen molar-refractivity contribution in [3.05, 3.63) is 65.4 Å². The topological polar surface area (TPSA) is 36.1 Å². The molecular weight excluding hydrogens is 284 g/mol. The summed E-state index contributed by atoms with van der Waals surface area (Å²) in [5.74, 6) is 0.185. The minimum Gasteiger partial charge on any atom is -0.361 e. The summed E-state index contributed by atoms with van der Waals surface area (Å²) in [7, 11) is 0. The van der Waals surface area contributed by atoms with E-state index in [9.17, 15) is 4.79 Å². The van der Waals surface area contributed by atoms with Crippen LogP contribution in [0.2, 0.25) is 0 Å². The number of H-pyrrole nitrogens is 1. The van der Waals surface area contributed by atoms with Crippen LogP contribution in [0.25, 0.3) is 10.9 Å². The Labute approximate surface area is 135 Å². The van der Waals surface area contributed by atoms with E-state index in [1.165, 1.54) is 11.1 Å². The number of carbonyl (C=O) groups excluding carboxylic acids is 1. The van der Waals surface area contributed by atoms with Crippen LogP contribution in [-0.4, -0.2) is 17.4 Å². The summed E-state index contributed by atoms with van der Waals surface area (Å²) >= 11 is 0. The SMILES string of the molecule is Cc1cccc2c1N(C(=O)Cc1c[nH]c3ccccc13)CCC2. The zero-order chi connectivity index (χ0) is 15.8. The molecule has 0 unspecified atom stereocenters. The molecule has 116 valence electrons. The number of hydrogen-bond donors (Lipinski definition) is 1. The molecule has 0 spiro atoms. The number of para-hydroxylation sites is 2. The minimum atomic E-state index is 0.185. The standard InChI is InChI=1S/C20H20N2O/c1-14-6-4-7-15-8-5-11-22(20(14)15)19(23)12-16-13-21-18-10-3-2-9-17(16)18/h2-4,6-7,9-10,13,21H,5,8,11-12H2,1H3. The van der Waals surface area contributed by atoms with Crippen molar-refractivity contribution < 1.29 is 4.79 Å². The number of aryl methyl sites for hydroxylation is 2. The van der Waals surface area contributed by atoms with Crippen LogP contribution in [-0.2, 0) is 17.6 Å². The number of carbonyl (C=O) groups is 1. The second kappa shape index (κ2) is 5.58. The molecule has 1 aromatic heterocycles. The molecule has 2 heterocycles. The van der Waals surface area contributed by atoms with Gasteiger partial charge in [0.05, 0.1) is 6.42 Å². The second-order valence-electron chi connectivity index (χ2n) is 6.27. The number of nitrogens with zero attached hydrogens (tertiary/aromatic N) is 1. The smallest absolute Gasteiger partial charge is 0.231 e. The predicted molar refractivity (Wildman–Crippen MR) is 93.9 cm³/mol. The van der Waals surface area contributed by atoms with E-state index in [1.807, 2.05) is 29.3 Å². The van der Waals surface area contributed by atoms with Gasteiger partial charge in [0, 0.05) is 29.3 Å². The number of nitrogens with one attached hydrogen (secondary N) is 1. The van der Waals surface area contributed by atoms with Crippen LogP contribution in [0.4, 0.5) is 5.69 Å². The maximum absolute atomic E-state index is 12.9. The van der Waals surface area contributed by atoms with Gasteiger partial charge >= 0.3 is 0 Å². The fourth-order valence-corrected chi connectivity index (χ4v) is 3.63. The lowest BCUT2D eigenvalue weighted by molar-refractivity contribution is -0.118. The number of anilines is 1. The van der Waals surface area contributed by atoms with Crippen LogP contribution in [0.3, 0.4) is 0 Å². The quantitative estimate of drug-likeness (QED) is 0.763. The normalized spacial score (nSPS) is 14.0. The van der Waals surface area contributed by atoms with Crippen LogP contribution < -0.4 is 4.90 Å². The van der Waals surface area contributed by atoms with Crippen molar-refractivity contribution in [3.8, 4) is 0 Å². The Balaban J connectivity index is 1.66. The number of rotatable bonds is 2. The molecule has 4 rings (SSSR count). The van der Waals surface area contributed by atoms with E-state index in [-0.39, 0.29) is 5.91 Å². The maximum Gasteiger partial charge on any atom is 0.231 e. The molecule has 0 saturated heterocycles. The van der Waals surface area contributed by atoms with E-state index in [4.69, 9.17) is 0 Å². The van der Waals surface area contributed by atoms with Crippen LogP contribution >= 0.6 is 0 Å². The summed E-state index contributed by atoms with van der Waals surface area (Å²) in [5.41, 5.74) is 5.78. The van der Waals surface area contributed by atoms with Crippen molar-refractivity contribution in [1.82, 2.24) is 4.98 Å². The summed E-state index contributed by atoms with van der Waals surface area (Å²) in [4.78, 5) is 18.2. The highest BCUT2D eigenvalue weighted by Crippen LogP contribution is 2.31. The third-order valence-electron chi connectivity index (χ3n) is 4.74. The van der Waals surface area contributed by atoms with Gasteiger partial charge in [0.25, 0.3) is 0 Å². The zero-order valence-electron chi connectivity index (χ0n) is 13.3. The Bertz CT molecular complexity index is 878. The van der Waals surface area contributed by atoms with Crippen LogP contribution in [0, 0.1) is 6.92 Å². The highest BCUT2D eigenvalue weighted by molar-refractivity contribution is 5.99. The maximum atomic E-state index is 12.9. The Hall–Kier alpha value is -2.55. The van der Waals surface area contributed by atoms with Gasteiger partial charge in [-0.15, -0.1) is 0 Å². The van der Waals surface area contributed by atoms with Gasteiger partial charge in [0.2, 0.25) is 5.91 Å². The molecule has 0 radical (unpaired) electrons. The Morgan fingerprint density at radius 2 is 2.04 bits per heavy atom. The first kappa shape index (κ1) is 14.1. The van der Waals surface area contributed by atoms with E-state index in [1.54, 1.807) is 0 Å². The van der Waals surface area contributed by atoms with E-state index in [0.29, 0.717) is 6.42 Å². The highest BCUT2D eigenvalue weighted by atomic mass is 16.2. The van der Waals surface area contributed by atoms with Gasteiger partial charge < -0.3 is 9.88 Å². The Morgan fingerprint density at radius 3 is 2.96 bits per heavy atom. The molecule has 3 nitrogen and oxygen atoms in total. The first-order chi connectivity index (χ1) is 11.2. The molecule has 0 fully saturated rings. The van der Waals surface area contributed by atoms with Crippen LogP contribution in [0.5, 0.6) is 0 Å². The van der Waals surface area contributed by atoms with Gasteiger partial charge in [0.15, 0.2) is 0 Å². The third-order valence-corrected chi connectivity index (χ3v) is 4.74. The van der Waals surface area contributed by atoms with Crippen molar-refractivity contribution >= 4 is 22.5 Å². The van der Waals surface area contributed by atoms with E-state index in [0.717, 1.165) is 41.5 Å². The summed E-state index contributed by atoms with van der Waals surface area (Å²) < 4.78 is 0. The first-order valence-electron chi connectivity index (χ1n) is 8.18. The molecule has 3 aromatic rings. The number of aromatic amines is 1. The van der Waals surface area contributed by atoms with Gasteiger partial charge in [-0.25, -0.2) is 0 Å². The lowest BCUT2D eigenvalue weighted by atomic mass is 9.97. The average molecular weight is 304 g/mol. The first-order valence-corrected chi connectivity index (χ1v) is 8.18. The molecule has 1 aliphatic heterocycles. The number of amides is 1. The molecule has 0 atom stereocenters. The average Bonchev–Trinajstić information content (AvgIpc) is 2.98. The van der Waals surface area contributed by atoms with Crippen molar-refractivity contribution in [2.75, 3.05) is 11.4 Å². The van der Waals surface area contributed by atoms with Gasteiger partial charge in [-0.2, -0.15) is 0 Å². The number of hydrogen-bond acceptors (Lipinski definition) is 1. The molecule has 1 aliphatic rings. The molecule has 3 heteroatoms. The van der Waals surface area contributed by atoms with Crippen molar-refractivity contribution in [1.29, 1.82) is 0 Å². The fourth-order valence-electron chi connectivity index (χ4n) is 3.63. The molecule has 0 saturated carbocycles. The van der Waals surface area contributed by atoms with E-state index < -0.39 is 0 Å². The highest BCUT2D eigenvalue weighted by Gasteiger charge is 2.24. The lowest BCUT2D eigenvalue weighted by Crippen LogP contribution is -2.37. The molecular formula is C20H20N2O. The van der Waals surface area contributed by atoms with Crippen LogP contribution in [0.1, 0.15) is 23.1 Å². The van der Waals surface area contributed by atoms with Crippen molar-refractivity contribution in [3.63, 3.8) is 0 Å². The van der Waals surface area contributed by atoms with E-state index >= 15 is 0 Å². The molecule has 1 N–H and O–H groups in total. The van der Waals surface area contributed by atoms with Gasteiger partial charge in [-0.3, -0.25) is 4.79 Å². The molecule has 0 aliphatic carbocycles. The molecule has 1 amide bonds. The zero-order valence-corrected chi connectivity index (χ0v) is 13.3. The van der Waals surface area contributed by atoms with Crippen LogP contribution in [0.15, 0.2) is 48.7 Å². The third kappa shape index (κ3) is 2.42. The summed E-state index contributed by atoms with van der Waals surface area (Å²) in [6.45, 7) is 2.91. The summed E-state index contributed by atoms with van der Waals surface area (Å²) in [5, 5.41) is 1.14. The number of benzene rings is 2. The van der Waals surface area contributed by atoms with Gasteiger partial charge in [-0.05, 0) is 42.5 Å². The Kier molecular flexibility index (Phi) is 3.41. The minimum absolute atomic E-state index is 0.185. The van der Waals surface area contributed by atoms with Crippen molar-refractivity contribution in [2.24, 2.45) is 0 Å². The number of aromatic nitrogens is 1. The largest absolute Gasteiger partial charge is 0.361 e. The molecule has 23 heavy (non-hydrogen) atoms. The summed E-state index contributed by atoms with van der Waals surface area (Å²) in [6.07, 6.45) is 4.51. The van der Waals surface area contributed by atoms with Gasteiger partial charge in [0.1, 0.15) is 0 Å². The molecule has 0 bridgehead atoms. The van der Waals surface area contributed by atoms with Crippen molar-refractivity contribution in [2.45, 2.75) is 26.2 Å². The van der Waals surface area contributed by atoms with Gasteiger partial charge in [-0.1, -0.05) is 36.4 Å². The second-order valence-corrected chi connectivity index (χ2v) is 6.27. The lowest BCUT2D eigenvalue weighted by Gasteiger charge is -2.31. The number of fused-ring (bicyclic) bond motifs is 2. The fraction of sp³-hybridized carbons (Fsp3) is 0.250. The monoisotopic (exact) mass is 304 g/mol. The summed E-state index contributed by atoms with van der Waals surface area (Å²) in [6, 6.07) is 14.5. The molecule has 2 aromatic carbocycles.